The number of hydrogen-bond acceptors (Lipinski definition) is 2. The Bertz CT molecular complexity index is 464. The van der Waals surface area contributed by atoms with Crippen molar-refractivity contribution >= 4 is 11.9 Å². The smallest absolute Gasteiger partial charge is 0.329 e. The Hall–Kier alpha value is -1.84. The summed E-state index contributed by atoms with van der Waals surface area (Å²) in [6.07, 6.45) is 0.957. The number of nitrogens with one attached hydrogen (secondary N) is 1. The van der Waals surface area contributed by atoms with E-state index < -0.39 is 11.5 Å². The second kappa shape index (κ2) is 6.36. The second-order valence-electron chi connectivity index (χ2n) is 4.75. The van der Waals surface area contributed by atoms with Crippen LogP contribution < -0.4 is 5.32 Å². The van der Waals surface area contributed by atoms with E-state index in [0.717, 1.165) is 11.1 Å². The summed E-state index contributed by atoms with van der Waals surface area (Å²) < 4.78 is 0. The second-order valence-corrected chi connectivity index (χ2v) is 4.75. The van der Waals surface area contributed by atoms with Crippen LogP contribution in [0.1, 0.15) is 37.8 Å². The predicted octanol–water partition coefficient (Wildman–Crippen LogP) is 2.30. The Morgan fingerprint density at radius 3 is 2.26 bits per heavy atom. The molecule has 0 aromatic heterocycles. The van der Waals surface area contributed by atoms with Gasteiger partial charge in [-0.2, -0.15) is 0 Å². The summed E-state index contributed by atoms with van der Waals surface area (Å²) >= 11 is 0. The molecule has 0 saturated carbocycles. The minimum atomic E-state index is -1.15. The molecule has 0 aliphatic carbocycles. The molecule has 0 bridgehead atoms. The first-order valence-electron chi connectivity index (χ1n) is 6.54. The fraction of sp³-hybridized carbons (Fsp3) is 0.467. The maximum atomic E-state index is 12.0. The van der Waals surface area contributed by atoms with E-state index in [1.165, 1.54) is 0 Å². The first-order chi connectivity index (χ1) is 8.95. The van der Waals surface area contributed by atoms with Gasteiger partial charge in [-0.25, -0.2) is 4.79 Å². The minimum Gasteiger partial charge on any atom is -0.480 e. The molecule has 0 heterocycles. The normalized spacial score (nSPS) is 11.1. The van der Waals surface area contributed by atoms with Gasteiger partial charge < -0.3 is 10.4 Å². The summed E-state index contributed by atoms with van der Waals surface area (Å²) in [5, 5.41) is 11.9. The van der Waals surface area contributed by atoms with Gasteiger partial charge in [0.25, 0.3) is 0 Å². The predicted molar refractivity (Wildman–Crippen MR) is 74.0 cm³/mol. The van der Waals surface area contributed by atoms with Crippen LogP contribution in [0.25, 0.3) is 0 Å². The van der Waals surface area contributed by atoms with Gasteiger partial charge in [0.15, 0.2) is 0 Å². The molecule has 0 aliphatic rings. The summed E-state index contributed by atoms with van der Waals surface area (Å²) in [5.41, 5.74) is 0.804. The van der Waals surface area contributed by atoms with Crippen molar-refractivity contribution in [1.29, 1.82) is 0 Å². The quantitative estimate of drug-likeness (QED) is 0.827. The van der Waals surface area contributed by atoms with Crippen molar-refractivity contribution < 1.29 is 14.7 Å². The SMILES string of the molecule is CCC(CC)(NC(=O)Cc1ccccc1C)C(=O)O. The van der Waals surface area contributed by atoms with Crippen molar-refractivity contribution in [3.63, 3.8) is 0 Å². The molecule has 4 heteroatoms. The molecule has 19 heavy (non-hydrogen) atoms. The van der Waals surface area contributed by atoms with E-state index in [1.54, 1.807) is 13.8 Å². The van der Waals surface area contributed by atoms with Gasteiger partial charge in [-0.3, -0.25) is 4.79 Å². The van der Waals surface area contributed by atoms with Gasteiger partial charge in [-0.15, -0.1) is 0 Å². The molecule has 0 fully saturated rings. The molecule has 2 N–H and O–H groups in total. The lowest BCUT2D eigenvalue weighted by atomic mass is 9.92. The highest BCUT2D eigenvalue weighted by atomic mass is 16.4. The Labute approximate surface area is 113 Å². The van der Waals surface area contributed by atoms with E-state index in [-0.39, 0.29) is 12.3 Å². The lowest BCUT2D eigenvalue weighted by Gasteiger charge is -2.28. The molecule has 1 amide bonds. The van der Waals surface area contributed by atoms with Crippen LogP contribution in [-0.2, 0) is 16.0 Å². The number of carbonyl (C=O) groups is 2. The molecule has 4 nitrogen and oxygen atoms in total. The molecule has 0 unspecified atom stereocenters. The summed E-state index contributed by atoms with van der Waals surface area (Å²) in [4.78, 5) is 23.4. The van der Waals surface area contributed by atoms with Crippen molar-refractivity contribution in [2.75, 3.05) is 0 Å². The summed E-state index contributed by atoms with van der Waals surface area (Å²) in [5.74, 6) is -1.23. The molecule has 1 aromatic carbocycles. The average molecular weight is 263 g/mol. The van der Waals surface area contributed by atoms with Gasteiger partial charge in [-0.1, -0.05) is 38.1 Å². The van der Waals surface area contributed by atoms with Gasteiger partial charge >= 0.3 is 5.97 Å². The molecular formula is C15H21NO3. The van der Waals surface area contributed by atoms with Crippen LogP contribution in [-0.4, -0.2) is 22.5 Å². The number of amides is 1. The Morgan fingerprint density at radius 2 is 1.79 bits per heavy atom. The van der Waals surface area contributed by atoms with Crippen LogP contribution in [0.15, 0.2) is 24.3 Å². The summed E-state index contributed by atoms with van der Waals surface area (Å²) in [6, 6.07) is 7.61. The Balaban J connectivity index is 2.80. The number of carbonyl (C=O) groups excluding carboxylic acids is 1. The number of aliphatic carboxylic acids is 1. The van der Waals surface area contributed by atoms with Crippen LogP contribution in [0.3, 0.4) is 0 Å². The van der Waals surface area contributed by atoms with Crippen molar-refractivity contribution in [2.24, 2.45) is 0 Å². The van der Waals surface area contributed by atoms with E-state index in [1.807, 2.05) is 31.2 Å². The number of benzene rings is 1. The van der Waals surface area contributed by atoms with E-state index in [4.69, 9.17) is 0 Å². The van der Waals surface area contributed by atoms with Gasteiger partial charge in [0.05, 0.1) is 6.42 Å². The molecule has 1 aromatic rings. The maximum Gasteiger partial charge on any atom is 0.329 e. The van der Waals surface area contributed by atoms with Crippen molar-refractivity contribution in [3.05, 3.63) is 35.4 Å². The molecule has 0 aliphatic heterocycles. The van der Waals surface area contributed by atoms with Crippen LogP contribution in [0.4, 0.5) is 0 Å². The van der Waals surface area contributed by atoms with Gasteiger partial charge in [-0.05, 0) is 30.9 Å². The maximum absolute atomic E-state index is 12.0. The summed E-state index contributed by atoms with van der Waals surface area (Å²) in [6.45, 7) is 5.48. The van der Waals surface area contributed by atoms with E-state index >= 15 is 0 Å². The lowest BCUT2D eigenvalue weighted by Crippen LogP contribution is -2.54. The number of aryl methyl sites for hydroxylation is 1. The van der Waals surface area contributed by atoms with E-state index in [0.29, 0.717) is 12.8 Å². The minimum absolute atomic E-state index is 0.210. The number of carboxylic acid groups (broad SMARTS) is 1. The zero-order valence-electron chi connectivity index (χ0n) is 11.7. The molecule has 0 atom stereocenters. The molecule has 0 saturated heterocycles. The highest BCUT2D eigenvalue weighted by molar-refractivity contribution is 5.88. The van der Waals surface area contributed by atoms with E-state index in [9.17, 15) is 14.7 Å². The van der Waals surface area contributed by atoms with Crippen LogP contribution in [0, 0.1) is 6.92 Å². The van der Waals surface area contributed by atoms with Crippen molar-refractivity contribution in [2.45, 2.75) is 45.6 Å². The summed E-state index contributed by atoms with van der Waals surface area (Å²) in [7, 11) is 0. The third kappa shape index (κ3) is 3.56. The number of carboxylic acids is 1. The lowest BCUT2D eigenvalue weighted by molar-refractivity contribution is -0.148. The zero-order chi connectivity index (χ0) is 14.5. The number of rotatable bonds is 6. The fourth-order valence-electron chi connectivity index (χ4n) is 2.08. The standard InChI is InChI=1S/C15H21NO3/c1-4-15(5-2,14(18)19)16-13(17)10-12-9-7-6-8-11(12)3/h6-9H,4-5,10H2,1-3H3,(H,16,17)(H,18,19). The van der Waals surface area contributed by atoms with Gasteiger partial charge in [0.1, 0.15) is 5.54 Å². The van der Waals surface area contributed by atoms with E-state index in [2.05, 4.69) is 5.32 Å². The third-order valence-electron chi connectivity index (χ3n) is 3.61. The Morgan fingerprint density at radius 1 is 1.21 bits per heavy atom. The first kappa shape index (κ1) is 15.2. The van der Waals surface area contributed by atoms with Crippen molar-refractivity contribution in [1.82, 2.24) is 5.32 Å². The van der Waals surface area contributed by atoms with Crippen molar-refractivity contribution in [3.8, 4) is 0 Å². The van der Waals surface area contributed by atoms with Gasteiger partial charge in [0.2, 0.25) is 5.91 Å². The molecular weight excluding hydrogens is 242 g/mol. The third-order valence-corrected chi connectivity index (χ3v) is 3.61. The van der Waals surface area contributed by atoms with Gasteiger partial charge in [0, 0.05) is 0 Å². The Kier molecular flexibility index (Phi) is 5.10. The van der Waals surface area contributed by atoms with Crippen LogP contribution in [0.5, 0.6) is 0 Å². The topological polar surface area (TPSA) is 66.4 Å². The highest BCUT2D eigenvalue weighted by Crippen LogP contribution is 2.16. The molecule has 1 rings (SSSR count). The number of hydrogen-bond donors (Lipinski definition) is 2. The fourth-order valence-corrected chi connectivity index (χ4v) is 2.08. The monoisotopic (exact) mass is 263 g/mol. The first-order valence-corrected chi connectivity index (χ1v) is 6.54. The molecule has 0 radical (unpaired) electrons. The molecule has 0 spiro atoms. The zero-order valence-corrected chi connectivity index (χ0v) is 11.7. The van der Waals surface area contributed by atoms with Crippen LogP contribution >= 0.6 is 0 Å². The largest absolute Gasteiger partial charge is 0.480 e. The molecule has 104 valence electrons. The average Bonchev–Trinajstić information content (AvgIpc) is 2.38. The van der Waals surface area contributed by atoms with Crippen LogP contribution in [0.2, 0.25) is 0 Å². The highest BCUT2D eigenvalue weighted by Gasteiger charge is 2.36.